The Morgan fingerprint density at radius 1 is 0.836 bits per heavy atom. The van der Waals surface area contributed by atoms with Crippen LogP contribution in [0.3, 0.4) is 0 Å². The lowest BCUT2D eigenvalue weighted by Crippen LogP contribution is -2.49. The van der Waals surface area contributed by atoms with Crippen molar-refractivity contribution in [3.8, 4) is 5.88 Å². The van der Waals surface area contributed by atoms with E-state index < -0.39 is 29.7 Å². The minimum absolute atomic E-state index is 0.0292. The van der Waals surface area contributed by atoms with Gasteiger partial charge in [0, 0.05) is 81.8 Å². The lowest BCUT2D eigenvalue weighted by Gasteiger charge is -2.40. The molecule has 16 nitrogen and oxygen atoms in total. The Morgan fingerprint density at radius 2 is 1.61 bits per heavy atom. The zero-order chi connectivity index (χ0) is 42.4. The second kappa shape index (κ2) is 16.5. The number of rotatable bonds is 9. The summed E-state index contributed by atoms with van der Waals surface area (Å²) in [6.45, 7) is 5.82. The average molecular weight is 843 g/mol. The average Bonchev–Trinajstić information content (AvgIpc) is 3.80. The van der Waals surface area contributed by atoms with E-state index in [1.165, 1.54) is 12.1 Å². The quantitative estimate of drug-likeness (QED) is 0.184. The van der Waals surface area contributed by atoms with Crippen LogP contribution in [0, 0.1) is 17.8 Å². The van der Waals surface area contributed by atoms with Crippen molar-refractivity contribution in [2.75, 3.05) is 55.6 Å². The third-order valence-electron chi connectivity index (χ3n) is 12.8. The van der Waals surface area contributed by atoms with Gasteiger partial charge in [-0.1, -0.05) is 12.1 Å². The molecule has 2 aliphatic carbocycles. The molecule has 1 saturated carbocycles. The van der Waals surface area contributed by atoms with Crippen LogP contribution in [0.15, 0.2) is 48.7 Å². The summed E-state index contributed by atoms with van der Waals surface area (Å²) in [5.74, 6) is -3.59. The van der Waals surface area contributed by atoms with E-state index in [0.717, 1.165) is 70.2 Å². The van der Waals surface area contributed by atoms with E-state index in [1.54, 1.807) is 24.4 Å². The minimum atomic E-state index is -4.70. The summed E-state index contributed by atoms with van der Waals surface area (Å²) in [5.41, 5.74) is 1.95. The van der Waals surface area contributed by atoms with Gasteiger partial charge in [0.25, 0.3) is 11.7 Å². The molecule has 2 unspecified atom stereocenters. The highest BCUT2D eigenvalue weighted by atomic mass is 19.4. The van der Waals surface area contributed by atoms with Crippen LogP contribution in [0.2, 0.25) is 0 Å². The van der Waals surface area contributed by atoms with E-state index in [-0.39, 0.29) is 59.9 Å². The zero-order valence-corrected chi connectivity index (χ0v) is 33.3. The lowest BCUT2D eigenvalue weighted by atomic mass is 9.82. The van der Waals surface area contributed by atoms with Crippen molar-refractivity contribution in [3.63, 3.8) is 0 Å². The minimum Gasteiger partial charge on any atom is -0.473 e. The molecule has 6 heterocycles. The number of carbonyl (C=O) groups is 5. The molecule has 19 heteroatoms. The number of nitrogens with zero attached hydrogens (tertiary/aromatic N) is 8. The summed E-state index contributed by atoms with van der Waals surface area (Å²) in [6, 6.07) is 11.8. The topological polar surface area (TPSA) is 184 Å². The third kappa shape index (κ3) is 8.26. The van der Waals surface area contributed by atoms with Gasteiger partial charge in [-0.2, -0.15) is 17.7 Å². The molecule has 1 aromatic carbocycles. The van der Waals surface area contributed by atoms with E-state index >= 15 is 0 Å². The molecule has 5 aliphatic rings. The first-order valence-corrected chi connectivity index (χ1v) is 20.9. The Morgan fingerprint density at radius 3 is 2.31 bits per heavy atom. The van der Waals surface area contributed by atoms with Crippen LogP contribution in [0.4, 0.5) is 24.7 Å². The first-order valence-electron chi connectivity index (χ1n) is 20.9. The van der Waals surface area contributed by atoms with Crippen molar-refractivity contribution < 1.29 is 41.9 Å². The van der Waals surface area contributed by atoms with Crippen LogP contribution in [-0.2, 0) is 15.8 Å². The van der Waals surface area contributed by atoms with Gasteiger partial charge in [-0.3, -0.25) is 34.2 Å². The van der Waals surface area contributed by atoms with E-state index in [1.807, 2.05) is 12.1 Å². The molecule has 0 bridgehead atoms. The molecule has 0 spiro atoms. The van der Waals surface area contributed by atoms with Crippen LogP contribution in [0.25, 0.3) is 5.65 Å². The second-order valence-electron chi connectivity index (χ2n) is 16.6. The predicted octanol–water partition coefficient (Wildman–Crippen LogP) is 3.74. The van der Waals surface area contributed by atoms with Gasteiger partial charge in [-0.15, -0.1) is 15.3 Å². The fourth-order valence-electron chi connectivity index (χ4n) is 9.47. The van der Waals surface area contributed by atoms with Crippen LogP contribution in [0.1, 0.15) is 88.3 Å². The fourth-order valence-corrected chi connectivity index (χ4v) is 9.47. The number of ketones is 2. The van der Waals surface area contributed by atoms with Crippen LogP contribution in [-0.4, -0.2) is 117 Å². The molecule has 3 aromatic heterocycles. The summed E-state index contributed by atoms with van der Waals surface area (Å²) in [7, 11) is 0. The van der Waals surface area contributed by atoms with Crippen molar-refractivity contribution in [2.45, 2.75) is 69.7 Å². The van der Waals surface area contributed by atoms with Crippen molar-refractivity contribution in [2.24, 2.45) is 17.8 Å². The summed E-state index contributed by atoms with van der Waals surface area (Å²) in [4.78, 5) is 76.0. The first-order chi connectivity index (χ1) is 29.4. The van der Waals surface area contributed by atoms with Gasteiger partial charge >= 0.3 is 6.18 Å². The number of ether oxygens (including phenoxy) is 1. The van der Waals surface area contributed by atoms with Crippen LogP contribution in [0.5, 0.6) is 5.88 Å². The normalized spacial score (nSPS) is 24.2. The number of halogens is 3. The predicted molar refractivity (Wildman–Crippen MR) is 212 cm³/mol. The number of nitrogens with one attached hydrogen (secondary N) is 2. The number of carbonyl (C=O) groups excluding carboxylic acids is 5. The first kappa shape index (κ1) is 40.4. The maximum absolute atomic E-state index is 13.7. The Bertz CT molecular complexity index is 2350. The number of amides is 3. The van der Waals surface area contributed by atoms with E-state index in [2.05, 4.69) is 45.6 Å². The largest absolute Gasteiger partial charge is 0.473 e. The van der Waals surface area contributed by atoms with E-state index in [0.29, 0.717) is 52.8 Å². The summed E-state index contributed by atoms with van der Waals surface area (Å²) in [6.07, 6.45) is 1.30. The van der Waals surface area contributed by atoms with E-state index in [9.17, 15) is 37.1 Å². The highest BCUT2D eigenvalue weighted by molar-refractivity contribution is 6.30. The van der Waals surface area contributed by atoms with Crippen LogP contribution >= 0.6 is 0 Å². The number of hydrogen-bond acceptors (Lipinski definition) is 13. The molecular formula is C42H45F3N10O6. The van der Waals surface area contributed by atoms with Crippen LogP contribution < -0.4 is 25.2 Å². The molecule has 3 amide bonds. The molecule has 0 radical (unpaired) electrons. The standard InChI is InChI=1S/C42H45F3N10O6/c43-42(44,45)41-50-49-32-11-13-34(51-55(32)41)61-27-7-5-26(6-8-27)47-39(59)25-4-10-31(46-22-25)54-20-18-52(19-21-54)23-24-14-16-53(17-15-24)30-3-1-2-28-35(30)38(58)36(37(28)57)29-9-12-33(56)48-40(29)60/h1-4,10-11,13,22,24,26-27,29,36H,5-9,12,14-21,23H2,(H,47,59)(H,48,56,60). The van der Waals surface area contributed by atoms with Gasteiger partial charge in [0.1, 0.15) is 11.9 Å². The van der Waals surface area contributed by atoms with Crippen molar-refractivity contribution in [1.29, 1.82) is 0 Å². The smallest absolute Gasteiger partial charge is 0.453 e. The number of alkyl halides is 3. The van der Waals surface area contributed by atoms with Crippen molar-refractivity contribution in [3.05, 3.63) is 71.2 Å². The Labute approximate surface area is 348 Å². The number of Topliss-reactive ketones (excluding diaryl/α,β-unsaturated/α-hetero) is 2. The highest BCUT2D eigenvalue weighted by Gasteiger charge is 2.49. The molecule has 4 fully saturated rings. The molecule has 4 aromatic rings. The number of anilines is 2. The summed E-state index contributed by atoms with van der Waals surface area (Å²) >= 11 is 0. The maximum Gasteiger partial charge on any atom is 0.453 e. The number of aromatic nitrogens is 5. The van der Waals surface area contributed by atoms with Crippen molar-refractivity contribution >= 4 is 46.4 Å². The highest BCUT2D eigenvalue weighted by Crippen LogP contribution is 2.40. The molecule has 61 heavy (non-hydrogen) atoms. The number of hydrogen-bond donors (Lipinski definition) is 2. The van der Waals surface area contributed by atoms with Gasteiger partial charge in [-0.25, -0.2) is 4.98 Å². The monoisotopic (exact) mass is 842 g/mol. The summed E-state index contributed by atoms with van der Waals surface area (Å²) < 4.78 is 46.3. The second-order valence-corrected chi connectivity index (χ2v) is 16.6. The van der Waals surface area contributed by atoms with Crippen molar-refractivity contribution in [1.82, 2.24) is 40.3 Å². The number of imide groups is 1. The number of benzene rings is 1. The molecule has 2 N–H and O–H groups in total. The molecule has 3 aliphatic heterocycles. The molecule has 320 valence electrons. The van der Waals surface area contributed by atoms with Gasteiger partial charge in [0.15, 0.2) is 17.2 Å². The molecule has 2 atom stereocenters. The number of piperazine rings is 1. The Kier molecular flexibility index (Phi) is 10.9. The van der Waals surface area contributed by atoms with E-state index in [4.69, 9.17) is 4.74 Å². The molecule has 3 saturated heterocycles. The maximum atomic E-state index is 13.7. The Hall–Kier alpha value is -5.98. The number of piperidine rings is 2. The number of pyridine rings is 1. The SMILES string of the molecule is O=C1CCC(C2C(=O)c3cccc(N4CCC(CN5CCN(c6ccc(C(=O)NC7CCC(Oc8ccc9nnc(C(F)(F)F)n9n8)CC7)cn6)CC5)CC4)c3C2=O)C(=O)N1. The van der Waals surface area contributed by atoms with Gasteiger partial charge in [0.2, 0.25) is 17.7 Å². The van der Waals surface area contributed by atoms with Gasteiger partial charge in [-0.05, 0) is 75.1 Å². The molecular weight excluding hydrogens is 798 g/mol. The fraction of sp³-hybridized carbons (Fsp3) is 0.500. The molecule has 9 rings (SSSR count). The van der Waals surface area contributed by atoms with Gasteiger partial charge in [0.05, 0.1) is 23.0 Å². The summed E-state index contributed by atoms with van der Waals surface area (Å²) in [5, 5.41) is 16.0. The Balaban J connectivity index is 0.707. The third-order valence-corrected chi connectivity index (χ3v) is 12.8. The zero-order valence-electron chi connectivity index (χ0n) is 33.3. The number of fused-ring (bicyclic) bond motifs is 2. The lowest BCUT2D eigenvalue weighted by molar-refractivity contribution is -0.146. The van der Waals surface area contributed by atoms with Gasteiger partial charge < -0.3 is 19.9 Å².